The van der Waals surface area contributed by atoms with Crippen LogP contribution >= 0.6 is 11.6 Å². The van der Waals surface area contributed by atoms with Crippen molar-refractivity contribution in [2.45, 2.75) is 39.5 Å². The molecule has 1 aromatic carbocycles. The van der Waals surface area contributed by atoms with Gasteiger partial charge in [-0.3, -0.25) is 4.79 Å². The monoisotopic (exact) mass is 294 g/mol. The second-order valence-electron chi connectivity index (χ2n) is 5.82. The van der Waals surface area contributed by atoms with Crippen LogP contribution in [0.3, 0.4) is 0 Å². The van der Waals surface area contributed by atoms with Crippen LogP contribution in [0, 0.1) is 12.3 Å². The number of halogens is 1. The standard InChI is InChI=1S/C16H23ClN2O/c1-3-16(7-4-8-16)11-18-10-15(20)19-14-9-13(17)6-5-12(14)2/h5-6,9,18H,3-4,7-8,10-11H2,1-2H3,(H,19,20). The van der Waals surface area contributed by atoms with Crippen LogP contribution in [0.4, 0.5) is 5.69 Å². The molecule has 0 heterocycles. The first-order valence-corrected chi connectivity index (χ1v) is 7.69. The summed E-state index contributed by atoms with van der Waals surface area (Å²) in [4.78, 5) is 11.9. The van der Waals surface area contributed by atoms with E-state index in [0.717, 1.165) is 17.8 Å². The molecule has 1 aliphatic carbocycles. The molecule has 0 aliphatic heterocycles. The highest BCUT2D eigenvalue weighted by Crippen LogP contribution is 2.42. The molecule has 0 unspecified atom stereocenters. The van der Waals surface area contributed by atoms with Crippen LogP contribution in [0.5, 0.6) is 0 Å². The first kappa shape index (κ1) is 15.3. The van der Waals surface area contributed by atoms with Crippen LogP contribution in [0.1, 0.15) is 38.2 Å². The molecule has 1 fully saturated rings. The largest absolute Gasteiger partial charge is 0.325 e. The summed E-state index contributed by atoms with van der Waals surface area (Å²) in [6, 6.07) is 5.52. The Balaban J connectivity index is 1.79. The maximum absolute atomic E-state index is 11.9. The molecule has 3 nitrogen and oxygen atoms in total. The molecule has 2 N–H and O–H groups in total. The van der Waals surface area contributed by atoms with Gasteiger partial charge in [-0.25, -0.2) is 0 Å². The molecule has 0 radical (unpaired) electrons. The number of anilines is 1. The molecular formula is C16H23ClN2O. The summed E-state index contributed by atoms with van der Waals surface area (Å²) in [7, 11) is 0. The van der Waals surface area contributed by atoms with E-state index in [1.54, 1.807) is 6.07 Å². The van der Waals surface area contributed by atoms with Gasteiger partial charge in [-0.15, -0.1) is 0 Å². The van der Waals surface area contributed by atoms with Crippen molar-refractivity contribution in [3.8, 4) is 0 Å². The van der Waals surface area contributed by atoms with E-state index < -0.39 is 0 Å². The van der Waals surface area contributed by atoms with Gasteiger partial charge >= 0.3 is 0 Å². The lowest BCUT2D eigenvalue weighted by Crippen LogP contribution is -2.41. The quantitative estimate of drug-likeness (QED) is 0.839. The molecule has 1 aliphatic rings. The fourth-order valence-electron chi connectivity index (χ4n) is 2.70. The van der Waals surface area contributed by atoms with Gasteiger partial charge in [0.05, 0.1) is 6.54 Å². The minimum absolute atomic E-state index is 0.0130. The number of carbonyl (C=O) groups excluding carboxylic acids is 1. The van der Waals surface area contributed by atoms with Crippen molar-refractivity contribution in [2.75, 3.05) is 18.4 Å². The van der Waals surface area contributed by atoms with Crippen molar-refractivity contribution in [3.63, 3.8) is 0 Å². The molecule has 2 rings (SSSR count). The zero-order valence-corrected chi connectivity index (χ0v) is 13.0. The van der Waals surface area contributed by atoms with Crippen LogP contribution in [0.25, 0.3) is 0 Å². The van der Waals surface area contributed by atoms with Crippen molar-refractivity contribution < 1.29 is 4.79 Å². The summed E-state index contributed by atoms with van der Waals surface area (Å²) in [5.41, 5.74) is 2.25. The van der Waals surface area contributed by atoms with Crippen LogP contribution in [-0.4, -0.2) is 19.0 Å². The molecule has 20 heavy (non-hydrogen) atoms. The van der Waals surface area contributed by atoms with E-state index in [1.165, 1.54) is 25.7 Å². The second-order valence-corrected chi connectivity index (χ2v) is 6.25. The summed E-state index contributed by atoms with van der Waals surface area (Å²) >= 11 is 5.94. The minimum atomic E-state index is -0.0130. The van der Waals surface area contributed by atoms with E-state index in [1.807, 2.05) is 19.1 Å². The molecule has 0 bridgehead atoms. The summed E-state index contributed by atoms with van der Waals surface area (Å²) in [5, 5.41) is 6.83. The van der Waals surface area contributed by atoms with E-state index in [2.05, 4.69) is 17.6 Å². The lowest BCUT2D eigenvalue weighted by Gasteiger charge is -2.41. The van der Waals surface area contributed by atoms with Crippen molar-refractivity contribution in [3.05, 3.63) is 28.8 Å². The van der Waals surface area contributed by atoms with E-state index in [0.29, 0.717) is 17.0 Å². The topological polar surface area (TPSA) is 41.1 Å². The van der Waals surface area contributed by atoms with Gasteiger partial charge in [0.1, 0.15) is 0 Å². The maximum Gasteiger partial charge on any atom is 0.238 e. The molecule has 0 atom stereocenters. The number of amides is 1. The van der Waals surface area contributed by atoms with E-state index >= 15 is 0 Å². The Labute approximate surface area is 126 Å². The third kappa shape index (κ3) is 3.74. The fraction of sp³-hybridized carbons (Fsp3) is 0.562. The highest BCUT2D eigenvalue weighted by atomic mass is 35.5. The van der Waals surface area contributed by atoms with Crippen LogP contribution in [0.15, 0.2) is 18.2 Å². The third-order valence-corrected chi connectivity index (χ3v) is 4.66. The highest BCUT2D eigenvalue weighted by molar-refractivity contribution is 6.31. The summed E-state index contributed by atoms with van der Waals surface area (Å²) in [5.74, 6) is -0.0130. The average Bonchev–Trinajstić information content (AvgIpc) is 2.37. The maximum atomic E-state index is 11.9. The molecule has 1 amide bonds. The highest BCUT2D eigenvalue weighted by Gasteiger charge is 2.34. The first-order chi connectivity index (χ1) is 9.54. The Hall–Kier alpha value is -1.06. The van der Waals surface area contributed by atoms with E-state index in [-0.39, 0.29) is 5.91 Å². The molecule has 4 heteroatoms. The zero-order valence-electron chi connectivity index (χ0n) is 12.3. The number of hydrogen-bond acceptors (Lipinski definition) is 2. The second kappa shape index (κ2) is 6.59. The predicted octanol–water partition coefficient (Wildman–Crippen LogP) is 3.76. The van der Waals surface area contributed by atoms with Crippen LogP contribution in [-0.2, 0) is 4.79 Å². The third-order valence-electron chi connectivity index (χ3n) is 4.42. The fourth-order valence-corrected chi connectivity index (χ4v) is 2.87. The van der Waals surface area contributed by atoms with Gasteiger partial charge in [0.15, 0.2) is 0 Å². The van der Waals surface area contributed by atoms with Gasteiger partial charge in [-0.1, -0.05) is 31.0 Å². The number of hydrogen-bond donors (Lipinski definition) is 2. The lowest BCUT2D eigenvalue weighted by molar-refractivity contribution is -0.115. The predicted molar refractivity (Wildman–Crippen MR) is 84.3 cm³/mol. The number of rotatable bonds is 6. The van der Waals surface area contributed by atoms with Crippen molar-refractivity contribution in [1.82, 2.24) is 5.32 Å². The Morgan fingerprint density at radius 2 is 2.15 bits per heavy atom. The zero-order chi connectivity index (χ0) is 14.6. The van der Waals surface area contributed by atoms with Crippen molar-refractivity contribution >= 4 is 23.2 Å². The summed E-state index contributed by atoms with van der Waals surface area (Å²) in [6.45, 7) is 5.48. The Bertz CT molecular complexity index is 478. The Kier molecular flexibility index (Phi) is 5.06. The van der Waals surface area contributed by atoms with Gasteiger partial charge in [0, 0.05) is 17.3 Å². The summed E-state index contributed by atoms with van der Waals surface area (Å²) < 4.78 is 0. The molecular weight excluding hydrogens is 272 g/mol. The van der Waals surface area contributed by atoms with Gasteiger partial charge in [-0.2, -0.15) is 0 Å². The molecule has 1 saturated carbocycles. The first-order valence-electron chi connectivity index (χ1n) is 7.31. The SMILES string of the molecule is CCC1(CNCC(=O)Nc2cc(Cl)ccc2C)CCC1. The van der Waals surface area contributed by atoms with Gasteiger partial charge < -0.3 is 10.6 Å². The number of aryl methyl sites for hydroxylation is 1. The number of benzene rings is 1. The molecule has 1 aromatic rings. The number of carbonyl (C=O) groups is 1. The minimum Gasteiger partial charge on any atom is -0.325 e. The Morgan fingerprint density at radius 3 is 2.75 bits per heavy atom. The lowest BCUT2D eigenvalue weighted by atomic mass is 9.67. The number of nitrogens with one attached hydrogen (secondary N) is 2. The Morgan fingerprint density at radius 1 is 1.40 bits per heavy atom. The van der Waals surface area contributed by atoms with Gasteiger partial charge in [-0.05, 0) is 49.3 Å². The molecule has 0 saturated heterocycles. The van der Waals surface area contributed by atoms with Crippen LogP contribution < -0.4 is 10.6 Å². The normalized spacial score (nSPS) is 16.6. The summed E-state index contributed by atoms with van der Waals surface area (Å²) in [6.07, 6.45) is 5.08. The van der Waals surface area contributed by atoms with E-state index in [9.17, 15) is 4.79 Å². The molecule has 110 valence electrons. The smallest absolute Gasteiger partial charge is 0.238 e. The van der Waals surface area contributed by atoms with Crippen molar-refractivity contribution in [2.24, 2.45) is 5.41 Å². The van der Waals surface area contributed by atoms with Crippen molar-refractivity contribution in [1.29, 1.82) is 0 Å². The van der Waals surface area contributed by atoms with E-state index in [4.69, 9.17) is 11.6 Å². The van der Waals surface area contributed by atoms with Crippen LogP contribution in [0.2, 0.25) is 5.02 Å². The van der Waals surface area contributed by atoms with Gasteiger partial charge in [0.25, 0.3) is 0 Å². The molecule has 0 spiro atoms. The average molecular weight is 295 g/mol. The molecule has 0 aromatic heterocycles. The van der Waals surface area contributed by atoms with Gasteiger partial charge in [0.2, 0.25) is 5.91 Å².